The summed E-state index contributed by atoms with van der Waals surface area (Å²) < 4.78 is 0.189. The number of anilines is 1. The number of rotatable bonds is 7. The smallest absolute Gasteiger partial charge is 0.335 e. The van der Waals surface area contributed by atoms with Crippen LogP contribution in [-0.4, -0.2) is 28.6 Å². The Kier molecular flexibility index (Phi) is 6.01. The highest BCUT2D eigenvalue weighted by molar-refractivity contribution is 8.00. The number of thioether (sulfide) groups is 1. The minimum Gasteiger partial charge on any atom is -0.478 e. The number of hydrogen-bond acceptors (Lipinski definition) is 3. The van der Waals surface area contributed by atoms with Gasteiger partial charge in [0.25, 0.3) is 0 Å². The second kappa shape index (κ2) is 7.06. The van der Waals surface area contributed by atoms with E-state index in [1.165, 1.54) is 6.07 Å². The minimum absolute atomic E-state index is 0.189. The zero-order valence-corrected chi connectivity index (χ0v) is 13.1. The van der Waals surface area contributed by atoms with Crippen LogP contribution in [0.25, 0.3) is 0 Å². The molecule has 1 aromatic carbocycles. The van der Waals surface area contributed by atoms with Crippen LogP contribution >= 0.6 is 23.4 Å². The maximum absolute atomic E-state index is 10.8. The molecule has 0 aliphatic carbocycles. The van der Waals surface area contributed by atoms with Gasteiger partial charge in [-0.15, -0.1) is 0 Å². The third-order valence-corrected chi connectivity index (χ3v) is 5.44. The normalized spacial score (nSPS) is 11.4. The van der Waals surface area contributed by atoms with E-state index >= 15 is 0 Å². The molecule has 0 atom stereocenters. The average Bonchev–Trinajstić information content (AvgIpc) is 2.42. The zero-order valence-electron chi connectivity index (χ0n) is 11.5. The Morgan fingerprint density at radius 2 is 2.05 bits per heavy atom. The second-order valence-corrected chi connectivity index (χ2v) is 6.13. The number of carboxylic acids is 1. The molecule has 0 amide bonds. The van der Waals surface area contributed by atoms with Gasteiger partial charge in [-0.1, -0.05) is 25.4 Å². The monoisotopic (exact) mass is 301 g/mol. The van der Waals surface area contributed by atoms with Crippen LogP contribution in [0.3, 0.4) is 0 Å². The summed E-state index contributed by atoms with van der Waals surface area (Å²) in [4.78, 5) is 10.8. The predicted octanol–water partition coefficient (Wildman–Crippen LogP) is 4.37. The lowest BCUT2D eigenvalue weighted by Crippen LogP contribution is -2.32. The number of nitrogens with one attached hydrogen (secondary N) is 1. The highest BCUT2D eigenvalue weighted by Gasteiger charge is 2.24. The topological polar surface area (TPSA) is 49.3 Å². The van der Waals surface area contributed by atoms with Crippen molar-refractivity contribution < 1.29 is 9.90 Å². The highest BCUT2D eigenvalue weighted by atomic mass is 35.5. The average molecular weight is 302 g/mol. The Hall–Kier alpha value is -0.870. The SMILES string of the molecule is CCC(CC)(CNc1ccc(C(=O)O)cc1Cl)SC. The summed E-state index contributed by atoms with van der Waals surface area (Å²) in [6.07, 6.45) is 4.26. The molecule has 0 saturated heterocycles. The van der Waals surface area contributed by atoms with Gasteiger partial charge in [0.2, 0.25) is 0 Å². The Bertz CT molecular complexity index is 439. The first kappa shape index (κ1) is 16.2. The number of aromatic carboxylic acids is 1. The summed E-state index contributed by atoms with van der Waals surface area (Å²) in [5.74, 6) is -0.964. The van der Waals surface area contributed by atoms with Crippen LogP contribution in [0.2, 0.25) is 5.02 Å². The first-order valence-corrected chi connectivity index (χ1v) is 7.90. The fourth-order valence-corrected chi connectivity index (χ4v) is 2.95. The summed E-state index contributed by atoms with van der Waals surface area (Å²) in [5.41, 5.74) is 0.990. The van der Waals surface area contributed by atoms with Crippen molar-refractivity contribution in [2.24, 2.45) is 0 Å². The molecular weight excluding hydrogens is 282 g/mol. The molecule has 1 aromatic rings. The van der Waals surface area contributed by atoms with Gasteiger partial charge in [-0.25, -0.2) is 4.79 Å². The van der Waals surface area contributed by atoms with Gasteiger partial charge in [-0.3, -0.25) is 0 Å². The molecule has 0 aromatic heterocycles. The Morgan fingerprint density at radius 3 is 2.47 bits per heavy atom. The molecular formula is C14H20ClNO2S. The third kappa shape index (κ3) is 4.05. The molecule has 2 N–H and O–H groups in total. The summed E-state index contributed by atoms with van der Waals surface area (Å²) in [6, 6.07) is 4.77. The molecule has 3 nitrogen and oxygen atoms in total. The van der Waals surface area contributed by atoms with Crippen molar-refractivity contribution in [3.05, 3.63) is 28.8 Å². The molecule has 5 heteroatoms. The number of benzene rings is 1. The quantitative estimate of drug-likeness (QED) is 0.785. The molecule has 0 heterocycles. The molecule has 0 spiro atoms. The molecule has 0 fully saturated rings. The molecule has 1 rings (SSSR count). The number of carbonyl (C=O) groups is 1. The predicted molar refractivity (Wildman–Crippen MR) is 83.7 cm³/mol. The van der Waals surface area contributed by atoms with E-state index in [9.17, 15) is 4.79 Å². The molecule has 0 radical (unpaired) electrons. The van der Waals surface area contributed by atoms with Crippen LogP contribution in [0.15, 0.2) is 18.2 Å². The van der Waals surface area contributed by atoms with E-state index < -0.39 is 5.97 Å². The summed E-state index contributed by atoms with van der Waals surface area (Å²) >= 11 is 7.95. The van der Waals surface area contributed by atoms with Crippen molar-refractivity contribution >= 4 is 35.0 Å². The maximum atomic E-state index is 10.8. The summed E-state index contributed by atoms with van der Waals surface area (Å²) in [5, 5.41) is 12.7. The number of halogens is 1. The van der Waals surface area contributed by atoms with Crippen LogP contribution in [0.5, 0.6) is 0 Å². The van der Waals surface area contributed by atoms with Crippen molar-refractivity contribution in [1.29, 1.82) is 0 Å². The molecule has 106 valence electrons. The molecule has 0 aliphatic heterocycles. The number of hydrogen-bond donors (Lipinski definition) is 2. The van der Waals surface area contributed by atoms with Gasteiger partial charge in [0, 0.05) is 11.3 Å². The van der Waals surface area contributed by atoms with Gasteiger partial charge in [0.15, 0.2) is 0 Å². The van der Waals surface area contributed by atoms with E-state index in [-0.39, 0.29) is 10.3 Å². The van der Waals surface area contributed by atoms with Gasteiger partial charge >= 0.3 is 5.97 Å². The van der Waals surface area contributed by atoms with E-state index in [0.717, 1.165) is 25.1 Å². The maximum Gasteiger partial charge on any atom is 0.335 e. The summed E-state index contributed by atoms with van der Waals surface area (Å²) in [6.45, 7) is 5.17. The van der Waals surface area contributed by atoms with Crippen LogP contribution in [0, 0.1) is 0 Å². The lowest BCUT2D eigenvalue weighted by Gasteiger charge is -2.30. The van der Waals surface area contributed by atoms with Crippen molar-refractivity contribution in [3.63, 3.8) is 0 Å². The lowest BCUT2D eigenvalue weighted by molar-refractivity contribution is 0.0697. The van der Waals surface area contributed by atoms with E-state index in [4.69, 9.17) is 16.7 Å². The van der Waals surface area contributed by atoms with Crippen molar-refractivity contribution in [2.45, 2.75) is 31.4 Å². The first-order chi connectivity index (χ1) is 8.98. The van der Waals surface area contributed by atoms with E-state index in [1.54, 1.807) is 12.1 Å². The largest absolute Gasteiger partial charge is 0.478 e. The molecule has 19 heavy (non-hydrogen) atoms. The first-order valence-electron chi connectivity index (χ1n) is 6.30. The van der Waals surface area contributed by atoms with Gasteiger partial charge in [0.05, 0.1) is 16.3 Å². The summed E-state index contributed by atoms with van der Waals surface area (Å²) in [7, 11) is 0. The third-order valence-electron chi connectivity index (χ3n) is 3.54. The van der Waals surface area contributed by atoms with Crippen molar-refractivity contribution in [1.82, 2.24) is 0 Å². The van der Waals surface area contributed by atoms with E-state index in [0.29, 0.717) is 5.02 Å². The van der Waals surface area contributed by atoms with E-state index in [2.05, 4.69) is 25.4 Å². The van der Waals surface area contributed by atoms with Crippen LogP contribution < -0.4 is 5.32 Å². The van der Waals surface area contributed by atoms with E-state index in [1.807, 2.05) is 11.8 Å². The highest BCUT2D eigenvalue weighted by Crippen LogP contribution is 2.32. The van der Waals surface area contributed by atoms with Crippen molar-refractivity contribution in [3.8, 4) is 0 Å². The van der Waals surface area contributed by atoms with Gasteiger partial charge < -0.3 is 10.4 Å². The Balaban J connectivity index is 2.80. The molecule has 0 aliphatic rings. The van der Waals surface area contributed by atoms with Crippen LogP contribution in [0.4, 0.5) is 5.69 Å². The number of carboxylic acid groups (broad SMARTS) is 1. The Labute approximate surface area is 123 Å². The van der Waals surface area contributed by atoms with Crippen LogP contribution in [-0.2, 0) is 0 Å². The fraction of sp³-hybridized carbons (Fsp3) is 0.500. The van der Waals surface area contributed by atoms with Crippen LogP contribution in [0.1, 0.15) is 37.0 Å². The second-order valence-electron chi connectivity index (χ2n) is 4.45. The van der Waals surface area contributed by atoms with Crippen molar-refractivity contribution in [2.75, 3.05) is 18.1 Å². The lowest BCUT2D eigenvalue weighted by atomic mass is 10.0. The standard InChI is InChI=1S/C14H20ClNO2S/c1-4-14(5-2,19-3)9-16-12-7-6-10(13(17)18)8-11(12)15/h6-8,16H,4-5,9H2,1-3H3,(H,17,18). The zero-order chi connectivity index (χ0) is 14.5. The fourth-order valence-electron chi connectivity index (χ4n) is 1.91. The Morgan fingerprint density at radius 1 is 1.42 bits per heavy atom. The minimum atomic E-state index is -0.964. The molecule has 0 saturated carbocycles. The van der Waals surface area contributed by atoms with Gasteiger partial charge in [-0.05, 0) is 37.3 Å². The molecule has 0 unspecified atom stereocenters. The molecule has 0 bridgehead atoms. The van der Waals surface area contributed by atoms with Gasteiger partial charge in [0.1, 0.15) is 0 Å². The van der Waals surface area contributed by atoms with Gasteiger partial charge in [-0.2, -0.15) is 11.8 Å².